The lowest BCUT2D eigenvalue weighted by Crippen LogP contribution is -2.46. The van der Waals surface area contributed by atoms with Crippen molar-refractivity contribution in [3.05, 3.63) is 64.4 Å². The molecule has 0 unspecified atom stereocenters. The Kier molecular flexibility index (Phi) is 6.16. The van der Waals surface area contributed by atoms with E-state index in [0.717, 1.165) is 55.0 Å². The lowest BCUT2D eigenvalue weighted by molar-refractivity contribution is 0.0950. The monoisotopic (exact) mass is 423 g/mol. The van der Waals surface area contributed by atoms with Crippen LogP contribution in [-0.2, 0) is 6.54 Å². The van der Waals surface area contributed by atoms with Crippen molar-refractivity contribution in [1.29, 1.82) is 0 Å². The normalized spacial score (nSPS) is 14.8. The van der Waals surface area contributed by atoms with E-state index in [1.807, 2.05) is 37.4 Å². The number of rotatable bonds is 5. The number of aryl methyl sites for hydroxylation is 1. The van der Waals surface area contributed by atoms with E-state index in [1.165, 1.54) is 0 Å². The SMILES string of the molecule is CCN1CCN(c2ccc(CNC(=O)c3cc4ccc(Cl)cc4nc3C)cn2)CC1. The smallest absolute Gasteiger partial charge is 0.253 e. The molecule has 3 heterocycles. The first-order valence-electron chi connectivity index (χ1n) is 10.3. The highest BCUT2D eigenvalue weighted by molar-refractivity contribution is 6.31. The van der Waals surface area contributed by atoms with Crippen LogP contribution in [0.1, 0.15) is 28.5 Å². The first kappa shape index (κ1) is 20.6. The van der Waals surface area contributed by atoms with E-state index >= 15 is 0 Å². The van der Waals surface area contributed by atoms with E-state index in [-0.39, 0.29) is 5.91 Å². The number of aromatic nitrogens is 2. The maximum Gasteiger partial charge on any atom is 0.253 e. The van der Waals surface area contributed by atoms with Crippen LogP contribution in [0.3, 0.4) is 0 Å². The molecule has 1 amide bonds. The van der Waals surface area contributed by atoms with Crippen LogP contribution in [0.25, 0.3) is 10.9 Å². The molecule has 6 nitrogen and oxygen atoms in total. The van der Waals surface area contributed by atoms with Crippen molar-refractivity contribution in [3.8, 4) is 0 Å². The minimum atomic E-state index is -0.142. The summed E-state index contributed by atoms with van der Waals surface area (Å²) in [4.78, 5) is 26.6. The van der Waals surface area contributed by atoms with E-state index in [9.17, 15) is 4.79 Å². The summed E-state index contributed by atoms with van der Waals surface area (Å²) < 4.78 is 0. The van der Waals surface area contributed by atoms with Gasteiger partial charge in [0.2, 0.25) is 0 Å². The molecule has 2 aromatic heterocycles. The highest BCUT2D eigenvalue weighted by Crippen LogP contribution is 2.21. The first-order valence-corrected chi connectivity index (χ1v) is 10.7. The number of hydrogen-bond acceptors (Lipinski definition) is 5. The molecular weight excluding hydrogens is 398 g/mol. The van der Waals surface area contributed by atoms with E-state index in [2.05, 4.69) is 32.0 Å². The zero-order chi connectivity index (χ0) is 21.1. The molecule has 0 bridgehead atoms. The fourth-order valence-corrected chi connectivity index (χ4v) is 3.91. The number of carbonyl (C=O) groups excluding carboxylic acids is 1. The lowest BCUT2D eigenvalue weighted by atomic mass is 10.1. The van der Waals surface area contributed by atoms with Gasteiger partial charge in [0.1, 0.15) is 5.82 Å². The number of hydrogen-bond donors (Lipinski definition) is 1. The van der Waals surface area contributed by atoms with Gasteiger partial charge in [0.15, 0.2) is 0 Å². The quantitative estimate of drug-likeness (QED) is 0.678. The van der Waals surface area contributed by atoms with Gasteiger partial charge in [-0.3, -0.25) is 9.78 Å². The molecule has 30 heavy (non-hydrogen) atoms. The zero-order valence-corrected chi connectivity index (χ0v) is 18.1. The number of piperazine rings is 1. The van der Waals surface area contributed by atoms with Gasteiger partial charge in [-0.1, -0.05) is 30.7 Å². The highest BCUT2D eigenvalue weighted by atomic mass is 35.5. The standard InChI is InChI=1S/C23H26ClN5O/c1-3-28-8-10-29(11-9-28)22-7-4-17(14-25-22)15-26-23(30)20-12-18-5-6-19(24)13-21(18)27-16(20)2/h4-7,12-14H,3,8-11,15H2,1-2H3,(H,26,30). The van der Waals surface area contributed by atoms with Crippen LogP contribution in [0, 0.1) is 6.92 Å². The van der Waals surface area contributed by atoms with Crippen molar-refractivity contribution >= 4 is 34.2 Å². The summed E-state index contributed by atoms with van der Waals surface area (Å²) in [7, 11) is 0. The molecule has 1 aromatic carbocycles. The molecule has 1 saturated heterocycles. The molecule has 156 valence electrons. The third kappa shape index (κ3) is 4.55. The Balaban J connectivity index is 1.39. The molecule has 4 rings (SSSR count). The number of likely N-dealkylation sites (N-methyl/N-ethyl adjacent to an activating group) is 1. The van der Waals surface area contributed by atoms with Crippen molar-refractivity contribution in [2.75, 3.05) is 37.6 Å². The third-order valence-corrected chi connectivity index (χ3v) is 5.86. The van der Waals surface area contributed by atoms with Gasteiger partial charge in [0, 0.05) is 49.3 Å². The van der Waals surface area contributed by atoms with E-state index in [0.29, 0.717) is 22.8 Å². The van der Waals surface area contributed by atoms with Crippen LogP contribution in [0.4, 0.5) is 5.82 Å². The summed E-state index contributed by atoms with van der Waals surface area (Å²) in [6.07, 6.45) is 1.84. The maximum atomic E-state index is 12.7. The van der Waals surface area contributed by atoms with Crippen molar-refractivity contribution in [2.24, 2.45) is 0 Å². The van der Waals surface area contributed by atoms with Crippen LogP contribution in [-0.4, -0.2) is 53.5 Å². The predicted molar refractivity (Wildman–Crippen MR) is 121 cm³/mol. The Labute approximate surface area is 181 Å². The minimum Gasteiger partial charge on any atom is -0.354 e. The van der Waals surface area contributed by atoms with Crippen LogP contribution in [0.15, 0.2) is 42.6 Å². The molecule has 1 fully saturated rings. The van der Waals surface area contributed by atoms with Crippen LogP contribution < -0.4 is 10.2 Å². The molecule has 0 radical (unpaired) electrons. The molecule has 0 spiro atoms. The van der Waals surface area contributed by atoms with Crippen molar-refractivity contribution in [3.63, 3.8) is 0 Å². The molecule has 0 aliphatic carbocycles. The fourth-order valence-electron chi connectivity index (χ4n) is 3.75. The van der Waals surface area contributed by atoms with E-state index in [1.54, 1.807) is 12.1 Å². The number of nitrogens with zero attached hydrogens (tertiary/aromatic N) is 4. The second-order valence-electron chi connectivity index (χ2n) is 7.59. The van der Waals surface area contributed by atoms with E-state index in [4.69, 9.17) is 11.6 Å². The number of pyridine rings is 2. The van der Waals surface area contributed by atoms with Gasteiger partial charge in [0.05, 0.1) is 16.8 Å². The Hall–Kier alpha value is -2.70. The second-order valence-corrected chi connectivity index (χ2v) is 8.02. The number of benzene rings is 1. The Morgan fingerprint density at radius 1 is 1.13 bits per heavy atom. The van der Waals surface area contributed by atoms with Gasteiger partial charge in [0.25, 0.3) is 5.91 Å². The molecule has 1 aliphatic rings. The summed E-state index contributed by atoms with van der Waals surface area (Å²) in [5.74, 6) is 0.852. The largest absolute Gasteiger partial charge is 0.354 e. The van der Waals surface area contributed by atoms with Gasteiger partial charge >= 0.3 is 0 Å². The molecule has 3 aromatic rings. The van der Waals surface area contributed by atoms with Crippen LogP contribution >= 0.6 is 11.6 Å². The topological polar surface area (TPSA) is 61.4 Å². The van der Waals surface area contributed by atoms with E-state index < -0.39 is 0 Å². The Morgan fingerprint density at radius 3 is 2.63 bits per heavy atom. The van der Waals surface area contributed by atoms with Gasteiger partial charge in [-0.05, 0) is 43.3 Å². The number of anilines is 1. The fraction of sp³-hybridized carbons (Fsp3) is 0.348. The molecule has 1 aliphatic heterocycles. The summed E-state index contributed by atoms with van der Waals surface area (Å²) in [5, 5.41) is 4.51. The number of amides is 1. The highest BCUT2D eigenvalue weighted by Gasteiger charge is 2.17. The molecule has 0 saturated carbocycles. The number of fused-ring (bicyclic) bond motifs is 1. The molecular formula is C23H26ClN5O. The summed E-state index contributed by atoms with van der Waals surface area (Å²) >= 11 is 6.03. The van der Waals surface area contributed by atoms with Crippen molar-refractivity contribution < 1.29 is 4.79 Å². The minimum absolute atomic E-state index is 0.142. The lowest BCUT2D eigenvalue weighted by Gasteiger charge is -2.34. The average molecular weight is 424 g/mol. The molecule has 0 atom stereocenters. The second kappa shape index (κ2) is 8.98. The van der Waals surface area contributed by atoms with Crippen LogP contribution in [0.2, 0.25) is 5.02 Å². The van der Waals surface area contributed by atoms with Crippen LogP contribution in [0.5, 0.6) is 0 Å². The summed E-state index contributed by atoms with van der Waals surface area (Å²) in [5.41, 5.74) is 3.01. The molecule has 7 heteroatoms. The van der Waals surface area contributed by atoms with Gasteiger partial charge in [-0.15, -0.1) is 0 Å². The first-order chi connectivity index (χ1) is 14.5. The number of halogens is 1. The van der Waals surface area contributed by atoms with Crippen molar-refractivity contribution in [2.45, 2.75) is 20.4 Å². The van der Waals surface area contributed by atoms with Crippen molar-refractivity contribution in [1.82, 2.24) is 20.2 Å². The van der Waals surface area contributed by atoms with Gasteiger partial charge < -0.3 is 15.1 Å². The Morgan fingerprint density at radius 2 is 1.93 bits per heavy atom. The average Bonchev–Trinajstić information content (AvgIpc) is 2.77. The Bertz CT molecular complexity index is 1050. The molecule has 1 N–H and O–H groups in total. The zero-order valence-electron chi connectivity index (χ0n) is 17.4. The summed E-state index contributed by atoms with van der Waals surface area (Å²) in [6.45, 7) is 9.69. The number of carbonyl (C=O) groups is 1. The predicted octanol–water partition coefficient (Wildman–Crippen LogP) is 3.66. The number of nitrogens with one attached hydrogen (secondary N) is 1. The third-order valence-electron chi connectivity index (χ3n) is 5.62. The summed E-state index contributed by atoms with van der Waals surface area (Å²) in [6, 6.07) is 11.4. The van der Waals surface area contributed by atoms with Gasteiger partial charge in [-0.25, -0.2) is 4.98 Å². The maximum absolute atomic E-state index is 12.7. The van der Waals surface area contributed by atoms with Gasteiger partial charge in [-0.2, -0.15) is 0 Å².